The normalized spacial score (nSPS) is 19.0. The summed E-state index contributed by atoms with van der Waals surface area (Å²) in [5.74, 6) is 1.31. The number of aromatic nitrogens is 4. The van der Waals surface area contributed by atoms with Crippen molar-refractivity contribution in [3.63, 3.8) is 0 Å². The number of nitrogens with one attached hydrogen (secondary N) is 2. The SMILES string of the molecule is C[Si](C)(C)CCOCNc1nc2cc(NC3CCOC3)cnc2cc1-c1nnc(C2CCCC2)s1. The predicted molar refractivity (Wildman–Crippen MR) is 145 cm³/mol. The Bertz CT molecular complexity index is 1140. The van der Waals surface area contributed by atoms with Crippen LogP contribution in [0.1, 0.15) is 43.0 Å². The molecular formula is C25H36N6O2SSi. The van der Waals surface area contributed by atoms with Gasteiger partial charge in [-0.25, -0.2) is 4.98 Å². The van der Waals surface area contributed by atoms with Gasteiger partial charge >= 0.3 is 0 Å². The first-order valence-corrected chi connectivity index (χ1v) is 17.3. The van der Waals surface area contributed by atoms with Crippen LogP contribution in [-0.4, -0.2) is 60.8 Å². The molecule has 0 bridgehead atoms. The summed E-state index contributed by atoms with van der Waals surface area (Å²) in [5.41, 5.74) is 3.58. The lowest BCUT2D eigenvalue weighted by molar-refractivity contribution is 0.165. The van der Waals surface area contributed by atoms with Crippen molar-refractivity contribution in [1.82, 2.24) is 20.2 Å². The second kappa shape index (κ2) is 10.9. The zero-order valence-corrected chi connectivity index (χ0v) is 22.8. The number of hydrogen-bond donors (Lipinski definition) is 2. The third-order valence-corrected chi connectivity index (χ3v) is 9.50. The van der Waals surface area contributed by atoms with Crippen LogP contribution in [0.25, 0.3) is 21.6 Å². The minimum absolute atomic E-state index is 0.321. The number of pyridine rings is 2. The van der Waals surface area contributed by atoms with Crippen LogP contribution in [0.3, 0.4) is 0 Å². The summed E-state index contributed by atoms with van der Waals surface area (Å²) in [5, 5.41) is 18.1. The topological polar surface area (TPSA) is 94.1 Å². The van der Waals surface area contributed by atoms with Gasteiger partial charge in [-0.15, -0.1) is 10.2 Å². The number of anilines is 2. The van der Waals surface area contributed by atoms with Gasteiger partial charge in [0.15, 0.2) is 5.01 Å². The minimum Gasteiger partial charge on any atom is -0.379 e. The second-order valence-corrected chi connectivity index (χ2v) is 17.4. The monoisotopic (exact) mass is 512 g/mol. The fraction of sp³-hybridized carbons (Fsp3) is 0.600. The largest absolute Gasteiger partial charge is 0.379 e. The predicted octanol–water partition coefficient (Wildman–Crippen LogP) is 5.73. The highest BCUT2D eigenvalue weighted by Crippen LogP contribution is 2.39. The molecule has 3 aromatic rings. The molecule has 4 heterocycles. The van der Waals surface area contributed by atoms with Crippen LogP contribution in [-0.2, 0) is 9.47 Å². The molecule has 188 valence electrons. The lowest BCUT2D eigenvalue weighted by Gasteiger charge is -2.16. The van der Waals surface area contributed by atoms with Gasteiger partial charge in [0.1, 0.15) is 17.6 Å². The number of fused-ring (bicyclic) bond motifs is 1. The van der Waals surface area contributed by atoms with Gasteiger partial charge in [0, 0.05) is 27.2 Å². The molecule has 1 saturated carbocycles. The van der Waals surface area contributed by atoms with E-state index in [4.69, 9.17) is 19.4 Å². The van der Waals surface area contributed by atoms with E-state index in [9.17, 15) is 0 Å². The molecule has 0 amide bonds. The quantitative estimate of drug-likeness (QED) is 0.202. The van der Waals surface area contributed by atoms with E-state index in [0.717, 1.165) is 70.4 Å². The summed E-state index contributed by atoms with van der Waals surface area (Å²) >= 11 is 1.69. The van der Waals surface area contributed by atoms with E-state index in [1.54, 1.807) is 11.3 Å². The van der Waals surface area contributed by atoms with Gasteiger partial charge in [-0.05, 0) is 37.4 Å². The van der Waals surface area contributed by atoms with Crippen LogP contribution in [0.2, 0.25) is 25.7 Å². The van der Waals surface area contributed by atoms with Crippen LogP contribution < -0.4 is 10.6 Å². The third kappa shape index (κ3) is 6.35. The summed E-state index contributed by atoms with van der Waals surface area (Å²) in [6.45, 7) is 9.79. The second-order valence-electron chi connectivity index (χ2n) is 10.8. The maximum absolute atomic E-state index is 5.92. The maximum Gasteiger partial charge on any atom is 0.151 e. The van der Waals surface area contributed by atoms with Crippen LogP contribution >= 0.6 is 11.3 Å². The minimum atomic E-state index is -1.13. The summed E-state index contributed by atoms with van der Waals surface area (Å²) in [6, 6.07) is 5.60. The molecule has 1 aliphatic carbocycles. The van der Waals surface area contributed by atoms with Gasteiger partial charge in [-0.3, -0.25) is 4.98 Å². The van der Waals surface area contributed by atoms with E-state index in [1.807, 2.05) is 6.20 Å². The smallest absolute Gasteiger partial charge is 0.151 e. The molecule has 2 fully saturated rings. The summed E-state index contributed by atoms with van der Waals surface area (Å²) in [6.07, 6.45) is 7.88. The maximum atomic E-state index is 5.92. The molecule has 0 radical (unpaired) electrons. The van der Waals surface area contributed by atoms with Crippen molar-refractivity contribution in [2.75, 3.05) is 37.2 Å². The fourth-order valence-corrected chi connectivity index (χ4v) is 6.35. The molecule has 3 aromatic heterocycles. The van der Waals surface area contributed by atoms with Crippen LogP contribution in [0.5, 0.6) is 0 Å². The van der Waals surface area contributed by atoms with Crippen molar-refractivity contribution in [2.24, 2.45) is 0 Å². The lowest BCUT2D eigenvalue weighted by atomic mass is 10.1. The summed E-state index contributed by atoms with van der Waals surface area (Å²) < 4.78 is 11.4. The summed E-state index contributed by atoms with van der Waals surface area (Å²) in [7, 11) is -1.13. The highest BCUT2D eigenvalue weighted by Gasteiger charge is 2.23. The zero-order chi connectivity index (χ0) is 24.3. The van der Waals surface area contributed by atoms with Crippen LogP contribution in [0, 0.1) is 0 Å². The Hall–Kier alpha value is -2.14. The first-order chi connectivity index (χ1) is 16.9. The summed E-state index contributed by atoms with van der Waals surface area (Å²) in [4.78, 5) is 9.67. The Balaban J connectivity index is 1.39. The molecule has 1 aliphatic heterocycles. The van der Waals surface area contributed by atoms with E-state index >= 15 is 0 Å². The molecule has 1 unspecified atom stereocenters. The molecule has 2 N–H and O–H groups in total. The number of hydrogen-bond acceptors (Lipinski definition) is 9. The van der Waals surface area contributed by atoms with Crippen molar-refractivity contribution < 1.29 is 9.47 Å². The zero-order valence-electron chi connectivity index (χ0n) is 21.0. The molecule has 2 aliphatic rings. The Kier molecular flexibility index (Phi) is 7.61. The highest BCUT2D eigenvalue weighted by molar-refractivity contribution is 7.14. The van der Waals surface area contributed by atoms with E-state index in [-0.39, 0.29) is 0 Å². The van der Waals surface area contributed by atoms with Crippen molar-refractivity contribution >= 4 is 41.9 Å². The lowest BCUT2D eigenvalue weighted by Crippen LogP contribution is -2.22. The van der Waals surface area contributed by atoms with E-state index in [0.29, 0.717) is 18.7 Å². The van der Waals surface area contributed by atoms with Gasteiger partial charge in [0.05, 0.1) is 41.1 Å². The van der Waals surface area contributed by atoms with Crippen LogP contribution in [0.4, 0.5) is 11.5 Å². The van der Waals surface area contributed by atoms with Crippen LogP contribution in [0.15, 0.2) is 18.3 Å². The Morgan fingerprint density at radius 2 is 1.97 bits per heavy atom. The molecule has 35 heavy (non-hydrogen) atoms. The molecular weight excluding hydrogens is 476 g/mol. The number of ether oxygens (including phenoxy) is 2. The van der Waals surface area contributed by atoms with E-state index in [2.05, 4.69) is 52.6 Å². The van der Waals surface area contributed by atoms with Gasteiger partial charge in [-0.1, -0.05) is 43.8 Å². The van der Waals surface area contributed by atoms with Crippen molar-refractivity contribution in [2.45, 2.75) is 69.7 Å². The molecule has 1 saturated heterocycles. The van der Waals surface area contributed by atoms with Gasteiger partial charge in [0.2, 0.25) is 0 Å². The van der Waals surface area contributed by atoms with Crippen molar-refractivity contribution in [3.05, 3.63) is 23.3 Å². The molecule has 1 atom stereocenters. The Labute approximate surface area is 212 Å². The van der Waals surface area contributed by atoms with E-state index in [1.165, 1.54) is 25.7 Å². The van der Waals surface area contributed by atoms with Crippen molar-refractivity contribution in [3.8, 4) is 10.6 Å². The molecule has 10 heteroatoms. The first kappa shape index (κ1) is 24.5. The fourth-order valence-electron chi connectivity index (χ4n) is 4.56. The van der Waals surface area contributed by atoms with Gasteiger partial charge < -0.3 is 20.1 Å². The van der Waals surface area contributed by atoms with Gasteiger partial charge in [0.25, 0.3) is 0 Å². The number of rotatable bonds is 10. The Morgan fingerprint density at radius 1 is 1.11 bits per heavy atom. The van der Waals surface area contributed by atoms with Crippen molar-refractivity contribution in [1.29, 1.82) is 0 Å². The Morgan fingerprint density at radius 3 is 2.74 bits per heavy atom. The molecule has 8 nitrogen and oxygen atoms in total. The van der Waals surface area contributed by atoms with E-state index < -0.39 is 8.07 Å². The number of nitrogens with zero attached hydrogens (tertiary/aromatic N) is 4. The highest BCUT2D eigenvalue weighted by atomic mass is 32.1. The molecule has 0 aromatic carbocycles. The third-order valence-electron chi connectivity index (χ3n) is 6.68. The average Bonchev–Trinajstić information content (AvgIpc) is 3.60. The average molecular weight is 513 g/mol. The van der Waals surface area contributed by atoms with Gasteiger partial charge in [-0.2, -0.15) is 0 Å². The standard InChI is InChI=1S/C25H36N6O2SSi/c1-35(2,3)11-10-33-16-27-23-20(25-31-30-24(34-25)17-6-4-5-7-17)13-21-22(29-23)12-19(14-26-21)28-18-8-9-32-15-18/h12-14,17-18,28H,4-11,15-16H2,1-3H3,(H,27,29). The first-order valence-electron chi connectivity index (χ1n) is 12.8. The molecule has 5 rings (SSSR count). The molecule has 0 spiro atoms.